The molecule has 0 unspecified atom stereocenters. The van der Waals surface area contributed by atoms with Gasteiger partial charge in [-0.2, -0.15) is 0 Å². The molecule has 0 aromatic heterocycles. The highest BCUT2D eigenvalue weighted by atomic mass is 79.9. The third kappa shape index (κ3) is 2.84. The SMILES string of the molecule is O=C1NC(=O)N(c2ccc3c(c2)OCO3)C(=O)/C1=C/c1cccc(Br)c1. The molecular formula is C18H11BrN2O5. The van der Waals surface area contributed by atoms with Gasteiger partial charge in [0.1, 0.15) is 5.57 Å². The van der Waals surface area contributed by atoms with Crippen molar-refractivity contribution in [1.29, 1.82) is 0 Å². The van der Waals surface area contributed by atoms with Crippen LogP contribution in [0.1, 0.15) is 5.56 Å². The number of hydrogen-bond donors (Lipinski definition) is 1. The lowest BCUT2D eigenvalue weighted by atomic mass is 10.1. The Morgan fingerprint density at radius 2 is 1.85 bits per heavy atom. The molecule has 0 bridgehead atoms. The van der Waals surface area contributed by atoms with Crippen molar-refractivity contribution in [2.45, 2.75) is 0 Å². The summed E-state index contributed by atoms with van der Waals surface area (Å²) in [6.07, 6.45) is 1.44. The number of fused-ring (bicyclic) bond motifs is 1. The normalized spacial score (nSPS) is 17.7. The number of urea groups is 1. The lowest BCUT2D eigenvalue weighted by molar-refractivity contribution is -0.122. The van der Waals surface area contributed by atoms with Crippen molar-refractivity contribution in [2.24, 2.45) is 0 Å². The Hall–Kier alpha value is -3.13. The molecule has 0 spiro atoms. The summed E-state index contributed by atoms with van der Waals surface area (Å²) in [6.45, 7) is 0.0749. The minimum atomic E-state index is -0.815. The summed E-state index contributed by atoms with van der Waals surface area (Å²) < 4.78 is 11.3. The predicted molar refractivity (Wildman–Crippen MR) is 95.7 cm³/mol. The average Bonchev–Trinajstić information content (AvgIpc) is 3.06. The van der Waals surface area contributed by atoms with E-state index in [2.05, 4.69) is 21.2 Å². The molecule has 2 aromatic carbocycles. The summed E-state index contributed by atoms with van der Waals surface area (Å²) in [5.74, 6) is -0.494. The molecule has 130 valence electrons. The molecule has 7 nitrogen and oxygen atoms in total. The molecule has 2 aliphatic rings. The van der Waals surface area contributed by atoms with Crippen LogP contribution >= 0.6 is 15.9 Å². The summed E-state index contributed by atoms with van der Waals surface area (Å²) in [4.78, 5) is 38.1. The first-order chi connectivity index (χ1) is 12.5. The average molecular weight is 415 g/mol. The Kier molecular flexibility index (Phi) is 3.96. The second-order valence-corrected chi connectivity index (χ2v) is 6.47. The third-order valence-electron chi connectivity index (χ3n) is 3.88. The van der Waals surface area contributed by atoms with Gasteiger partial charge < -0.3 is 9.47 Å². The molecule has 0 saturated carbocycles. The first-order valence-corrected chi connectivity index (χ1v) is 8.39. The van der Waals surface area contributed by atoms with Crippen molar-refractivity contribution >= 4 is 45.5 Å². The highest BCUT2D eigenvalue weighted by molar-refractivity contribution is 9.10. The molecular weight excluding hydrogens is 404 g/mol. The smallest absolute Gasteiger partial charge is 0.335 e. The lowest BCUT2D eigenvalue weighted by Crippen LogP contribution is -2.54. The van der Waals surface area contributed by atoms with Crippen LogP contribution in [0.5, 0.6) is 11.5 Å². The van der Waals surface area contributed by atoms with E-state index in [1.54, 1.807) is 30.3 Å². The zero-order valence-corrected chi connectivity index (χ0v) is 14.8. The summed E-state index contributed by atoms with van der Waals surface area (Å²) in [5, 5.41) is 2.19. The molecule has 2 aliphatic heterocycles. The minimum absolute atomic E-state index is 0.0749. The fourth-order valence-corrected chi connectivity index (χ4v) is 3.10. The number of hydrogen-bond acceptors (Lipinski definition) is 5. The number of ether oxygens (including phenoxy) is 2. The number of amides is 4. The molecule has 0 atom stereocenters. The van der Waals surface area contributed by atoms with Gasteiger partial charge in [-0.25, -0.2) is 9.69 Å². The van der Waals surface area contributed by atoms with Crippen molar-refractivity contribution in [3.8, 4) is 11.5 Å². The van der Waals surface area contributed by atoms with Crippen LogP contribution in [0.3, 0.4) is 0 Å². The van der Waals surface area contributed by atoms with Crippen molar-refractivity contribution in [2.75, 3.05) is 11.7 Å². The molecule has 1 N–H and O–H groups in total. The van der Waals surface area contributed by atoms with Crippen LogP contribution in [0.25, 0.3) is 6.08 Å². The van der Waals surface area contributed by atoms with Gasteiger partial charge in [0.25, 0.3) is 11.8 Å². The van der Waals surface area contributed by atoms with E-state index in [0.29, 0.717) is 17.1 Å². The van der Waals surface area contributed by atoms with Crippen molar-refractivity contribution in [1.82, 2.24) is 5.32 Å². The summed E-state index contributed by atoms with van der Waals surface area (Å²) in [6, 6.07) is 11.0. The molecule has 4 amide bonds. The molecule has 0 radical (unpaired) electrons. The summed E-state index contributed by atoms with van der Waals surface area (Å²) in [5.41, 5.74) is 0.794. The van der Waals surface area contributed by atoms with Crippen LogP contribution in [0.2, 0.25) is 0 Å². The number of carbonyl (C=O) groups excluding carboxylic acids is 3. The number of rotatable bonds is 2. The molecule has 1 saturated heterocycles. The number of anilines is 1. The van der Waals surface area contributed by atoms with Crippen LogP contribution < -0.4 is 19.7 Å². The molecule has 1 fully saturated rings. The molecule has 26 heavy (non-hydrogen) atoms. The minimum Gasteiger partial charge on any atom is -0.454 e. The second-order valence-electron chi connectivity index (χ2n) is 5.55. The fraction of sp³-hybridized carbons (Fsp3) is 0.0556. The summed E-state index contributed by atoms with van der Waals surface area (Å²) in [7, 11) is 0. The van der Waals surface area contributed by atoms with Crippen LogP contribution in [0.4, 0.5) is 10.5 Å². The molecule has 0 aliphatic carbocycles. The van der Waals surface area contributed by atoms with Crippen molar-refractivity contribution < 1.29 is 23.9 Å². The largest absolute Gasteiger partial charge is 0.454 e. The Morgan fingerprint density at radius 1 is 1.04 bits per heavy atom. The Morgan fingerprint density at radius 3 is 2.65 bits per heavy atom. The fourth-order valence-electron chi connectivity index (χ4n) is 2.68. The first kappa shape index (κ1) is 16.3. The van der Waals surface area contributed by atoms with Crippen molar-refractivity contribution in [3.05, 3.63) is 58.1 Å². The van der Waals surface area contributed by atoms with E-state index in [4.69, 9.17) is 9.47 Å². The van der Waals surface area contributed by atoms with Gasteiger partial charge in [-0.05, 0) is 35.9 Å². The molecule has 8 heteroatoms. The Bertz CT molecular complexity index is 985. The van der Waals surface area contributed by atoms with Gasteiger partial charge in [-0.3, -0.25) is 14.9 Å². The number of carbonyl (C=O) groups is 3. The van der Waals surface area contributed by atoms with E-state index in [1.807, 2.05) is 6.07 Å². The number of nitrogens with zero attached hydrogens (tertiary/aromatic N) is 1. The van der Waals surface area contributed by atoms with Gasteiger partial charge in [-0.15, -0.1) is 0 Å². The van der Waals surface area contributed by atoms with E-state index in [1.165, 1.54) is 12.1 Å². The number of barbiturate groups is 1. The van der Waals surface area contributed by atoms with Crippen molar-refractivity contribution in [3.63, 3.8) is 0 Å². The second kappa shape index (κ2) is 6.30. The quantitative estimate of drug-likeness (QED) is 0.603. The van der Waals surface area contributed by atoms with E-state index in [0.717, 1.165) is 9.37 Å². The number of benzene rings is 2. The Balaban J connectivity index is 1.73. The maximum atomic E-state index is 12.8. The van der Waals surface area contributed by atoms with E-state index in [9.17, 15) is 14.4 Å². The molecule has 2 aromatic rings. The van der Waals surface area contributed by atoms with E-state index in [-0.39, 0.29) is 18.1 Å². The standard InChI is InChI=1S/C18H11BrN2O5/c19-11-3-1-2-10(6-11)7-13-16(22)20-18(24)21(17(13)23)12-4-5-14-15(8-12)26-9-25-14/h1-8H,9H2,(H,20,22,24)/b13-7+. The first-order valence-electron chi connectivity index (χ1n) is 7.59. The highest BCUT2D eigenvalue weighted by Crippen LogP contribution is 2.36. The number of halogens is 1. The van der Waals surface area contributed by atoms with Gasteiger partial charge in [-0.1, -0.05) is 28.1 Å². The van der Waals surface area contributed by atoms with Gasteiger partial charge in [0, 0.05) is 10.5 Å². The highest BCUT2D eigenvalue weighted by Gasteiger charge is 2.37. The summed E-state index contributed by atoms with van der Waals surface area (Å²) >= 11 is 3.34. The van der Waals surface area contributed by atoms with E-state index < -0.39 is 17.8 Å². The maximum Gasteiger partial charge on any atom is 0.335 e. The van der Waals surface area contributed by atoms with Gasteiger partial charge >= 0.3 is 6.03 Å². The van der Waals surface area contributed by atoms with Crippen LogP contribution in [0, 0.1) is 0 Å². The lowest BCUT2D eigenvalue weighted by Gasteiger charge is -2.26. The number of nitrogens with one attached hydrogen (secondary N) is 1. The van der Waals surface area contributed by atoms with Crippen LogP contribution in [-0.2, 0) is 9.59 Å². The van der Waals surface area contributed by atoms with Gasteiger partial charge in [0.15, 0.2) is 11.5 Å². The predicted octanol–water partition coefficient (Wildman–Crippen LogP) is 2.84. The molecule has 4 rings (SSSR count). The van der Waals surface area contributed by atoms with Gasteiger partial charge in [0.2, 0.25) is 6.79 Å². The topological polar surface area (TPSA) is 84.9 Å². The maximum absolute atomic E-state index is 12.8. The third-order valence-corrected chi connectivity index (χ3v) is 4.37. The van der Waals surface area contributed by atoms with Gasteiger partial charge in [0.05, 0.1) is 5.69 Å². The Labute approximate surface area is 156 Å². The zero-order chi connectivity index (χ0) is 18.3. The van der Waals surface area contributed by atoms with Crippen LogP contribution in [0.15, 0.2) is 52.5 Å². The number of imide groups is 2. The molecule has 2 heterocycles. The monoisotopic (exact) mass is 414 g/mol. The van der Waals surface area contributed by atoms with E-state index >= 15 is 0 Å². The zero-order valence-electron chi connectivity index (χ0n) is 13.2. The van der Waals surface area contributed by atoms with Crippen LogP contribution in [-0.4, -0.2) is 24.6 Å².